The number of sulfone groups is 1. The summed E-state index contributed by atoms with van der Waals surface area (Å²) in [6, 6.07) is 18.3. The quantitative estimate of drug-likeness (QED) is 0.246. The van der Waals surface area contributed by atoms with Crippen LogP contribution in [0.25, 0.3) is 0 Å². The molecule has 11 heteroatoms. The maximum atomic E-state index is 13.9. The zero-order chi connectivity index (χ0) is 28.3. The molecule has 4 aromatic rings. The van der Waals surface area contributed by atoms with Gasteiger partial charge < -0.3 is 10.1 Å². The largest absolute Gasteiger partial charge is 0.457 e. The van der Waals surface area contributed by atoms with Gasteiger partial charge in [0.05, 0.1) is 20.4 Å². The number of rotatable bonds is 6. The topological polar surface area (TPSA) is 102 Å². The highest BCUT2D eigenvalue weighted by molar-refractivity contribution is 7.91. The van der Waals surface area contributed by atoms with Crippen molar-refractivity contribution in [1.29, 1.82) is 0 Å². The molecule has 4 rings (SSSR count). The molecule has 0 atom stereocenters. The standard InChI is InChI=1S/C28H21Cl2FN2O5S/c1-16-14-21(15-17(2)26(16)39(36,37)22-12-6-18(29)7-13-22)38-20-10-8-19(9-11-20)32-28(35)33-27(34)25-23(30)4-3-5-24(25)31/h3-15H,1-2H3,(H2,32,33,34,35). The average Bonchev–Trinajstić information content (AvgIpc) is 2.85. The van der Waals surface area contributed by atoms with Crippen LogP contribution < -0.4 is 15.4 Å². The van der Waals surface area contributed by atoms with Gasteiger partial charge in [-0.15, -0.1) is 0 Å². The first-order chi connectivity index (χ1) is 18.5. The van der Waals surface area contributed by atoms with E-state index in [2.05, 4.69) is 5.32 Å². The number of hydrogen-bond donors (Lipinski definition) is 2. The molecule has 0 unspecified atom stereocenters. The molecule has 0 saturated heterocycles. The number of carbonyl (C=O) groups is 2. The molecule has 200 valence electrons. The van der Waals surface area contributed by atoms with Gasteiger partial charge in [0.15, 0.2) is 0 Å². The van der Waals surface area contributed by atoms with Crippen LogP contribution in [0.4, 0.5) is 14.9 Å². The Kier molecular flexibility index (Phi) is 8.25. The number of imide groups is 1. The second-order valence-electron chi connectivity index (χ2n) is 8.47. The Balaban J connectivity index is 1.44. The summed E-state index contributed by atoms with van der Waals surface area (Å²) in [5.74, 6) is -0.994. The molecule has 4 aromatic carbocycles. The van der Waals surface area contributed by atoms with E-state index in [1.165, 1.54) is 48.5 Å². The van der Waals surface area contributed by atoms with E-state index < -0.39 is 33.2 Å². The number of amides is 3. The lowest BCUT2D eigenvalue weighted by Crippen LogP contribution is -2.35. The number of halogens is 3. The minimum atomic E-state index is -3.77. The molecular weight excluding hydrogens is 566 g/mol. The number of hydrogen-bond acceptors (Lipinski definition) is 5. The highest BCUT2D eigenvalue weighted by Gasteiger charge is 2.23. The minimum absolute atomic E-state index is 0.122. The third-order valence-electron chi connectivity index (χ3n) is 5.59. The Morgan fingerprint density at radius 2 is 1.46 bits per heavy atom. The van der Waals surface area contributed by atoms with E-state index in [-0.39, 0.29) is 14.8 Å². The van der Waals surface area contributed by atoms with Gasteiger partial charge in [0.25, 0.3) is 5.91 Å². The van der Waals surface area contributed by atoms with Gasteiger partial charge in [-0.3, -0.25) is 10.1 Å². The summed E-state index contributed by atoms with van der Waals surface area (Å²) in [5.41, 5.74) is 0.920. The molecule has 0 heterocycles. The van der Waals surface area contributed by atoms with Crippen LogP contribution in [0.15, 0.2) is 88.7 Å². The van der Waals surface area contributed by atoms with Gasteiger partial charge in [-0.25, -0.2) is 17.6 Å². The number of benzene rings is 4. The van der Waals surface area contributed by atoms with E-state index in [0.29, 0.717) is 33.3 Å². The van der Waals surface area contributed by atoms with Crippen molar-refractivity contribution in [3.8, 4) is 11.5 Å². The number of aryl methyl sites for hydroxylation is 2. The number of nitrogens with one attached hydrogen (secondary N) is 2. The number of carbonyl (C=O) groups excluding carboxylic acids is 2. The fourth-order valence-corrected chi connectivity index (χ4v) is 5.98. The first kappa shape index (κ1) is 28.1. The van der Waals surface area contributed by atoms with Crippen molar-refractivity contribution in [2.45, 2.75) is 23.6 Å². The normalized spacial score (nSPS) is 11.1. The van der Waals surface area contributed by atoms with Crippen molar-refractivity contribution in [2.24, 2.45) is 0 Å². The van der Waals surface area contributed by atoms with E-state index in [0.717, 1.165) is 6.07 Å². The van der Waals surface area contributed by atoms with Crippen molar-refractivity contribution in [3.63, 3.8) is 0 Å². The fraction of sp³-hybridized carbons (Fsp3) is 0.0714. The summed E-state index contributed by atoms with van der Waals surface area (Å²) >= 11 is 11.7. The van der Waals surface area contributed by atoms with Gasteiger partial charge in [-0.05, 0) is 97.8 Å². The Morgan fingerprint density at radius 1 is 0.846 bits per heavy atom. The lowest BCUT2D eigenvalue weighted by atomic mass is 10.1. The van der Waals surface area contributed by atoms with Crippen molar-refractivity contribution >= 4 is 50.7 Å². The molecule has 2 N–H and O–H groups in total. The smallest absolute Gasteiger partial charge is 0.326 e. The molecule has 0 aliphatic carbocycles. The summed E-state index contributed by atoms with van der Waals surface area (Å²) in [6.45, 7) is 3.37. The van der Waals surface area contributed by atoms with Crippen LogP contribution in [0.3, 0.4) is 0 Å². The van der Waals surface area contributed by atoms with Crippen molar-refractivity contribution in [3.05, 3.63) is 111 Å². The minimum Gasteiger partial charge on any atom is -0.457 e. The maximum Gasteiger partial charge on any atom is 0.326 e. The van der Waals surface area contributed by atoms with E-state index >= 15 is 0 Å². The Hall–Kier alpha value is -3.92. The van der Waals surface area contributed by atoms with Crippen LogP contribution in [0, 0.1) is 19.7 Å². The first-order valence-corrected chi connectivity index (χ1v) is 13.7. The van der Waals surface area contributed by atoms with Gasteiger partial charge >= 0.3 is 6.03 Å². The van der Waals surface area contributed by atoms with Gasteiger partial charge in [-0.1, -0.05) is 29.3 Å². The third kappa shape index (κ3) is 6.39. The summed E-state index contributed by atoms with van der Waals surface area (Å²) in [7, 11) is -3.77. The van der Waals surface area contributed by atoms with Crippen LogP contribution in [0.2, 0.25) is 10.0 Å². The van der Waals surface area contributed by atoms with Gasteiger partial charge in [0, 0.05) is 10.7 Å². The number of ether oxygens (including phenoxy) is 1. The highest BCUT2D eigenvalue weighted by atomic mass is 35.5. The van der Waals surface area contributed by atoms with Crippen LogP contribution in [-0.4, -0.2) is 20.4 Å². The average molecular weight is 587 g/mol. The third-order valence-corrected chi connectivity index (χ3v) is 8.23. The van der Waals surface area contributed by atoms with E-state index in [1.54, 1.807) is 38.1 Å². The fourth-order valence-electron chi connectivity index (χ4n) is 3.91. The molecule has 0 aliphatic rings. The van der Waals surface area contributed by atoms with Gasteiger partial charge in [-0.2, -0.15) is 0 Å². The van der Waals surface area contributed by atoms with Gasteiger partial charge in [0.1, 0.15) is 17.3 Å². The Bertz CT molecular complexity index is 1630. The molecule has 3 amide bonds. The number of anilines is 1. The summed E-state index contributed by atoms with van der Waals surface area (Å²) in [6.07, 6.45) is 0. The molecule has 0 fully saturated rings. The zero-order valence-electron chi connectivity index (χ0n) is 20.6. The summed E-state index contributed by atoms with van der Waals surface area (Å²) in [4.78, 5) is 24.8. The lowest BCUT2D eigenvalue weighted by Gasteiger charge is -2.14. The highest BCUT2D eigenvalue weighted by Crippen LogP contribution is 2.33. The number of urea groups is 1. The maximum absolute atomic E-state index is 13.9. The predicted octanol–water partition coefficient (Wildman–Crippen LogP) is 7.34. The molecule has 0 radical (unpaired) electrons. The second kappa shape index (κ2) is 11.4. The monoisotopic (exact) mass is 586 g/mol. The molecule has 0 bridgehead atoms. The summed E-state index contributed by atoms with van der Waals surface area (Å²) < 4.78 is 46.2. The van der Waals surface area contributed by atoms with Gasteiger partial charge in [0.2, 0.25) is 9.84 Å². The zero-order valence-corrected chi connectivity index (χ0v) is 22.9. The van der Waals surface area contributed by atoms with Crippen molar-refractivity contribution in [2.75, 3.05) is 5.32 Å². The first-order valence-electron chi connectivity index (χ1n) is 11.4. The molecule has 7 nitrogen and oxygen atoms in total. The Morgan fingerprint density at radius 3 is 2.05 bits per heavy atom. The Labute approximate surface area is 234 Å². The second-order valence-corrected chi connectivity index (χ2v) is 11.2. The van der Waals surface area contributed by atoms with Crippen molar-refractivity contribution in [1.82, 2.24) is 5.32 Å². The van der Waals surface area contributed by atoms with Crippen molar-refractivity contribution < 1.29 is 27.1 Å². The molecule has 0 aromatic heterocycles. The van der Waals surface area contributed by atoms with E-state index in [1.807, 2.05) is 5.32 Å². The van der Waals surface area contributed by atoms with Crippen LogP contribution in [-0.2, 0) is 9.84 Å². The summed E-state index contributed by atoms with van der Waals surface area (Å²) in [5, 5.41) is 4.81. The van der Waals surface area contributed by atoms with Crippen LogP contribution in [0.5, 0.6) is 11.5 Å². The predicted molar refractivity (Wildman–Crippen MR) is 147 cm³/mol. The molecule has 39 heavy (non-hydrogen) atoms. The lowest BCUT2D eigenvalue weighted by molar-refractivity contribution is 0.0963. The molecule has 0 spiro atoms. The van der Waals surface area contributed by atoms with E-state index in [9.17, 15) is 22.4 Å². The van der Waals surface area contributed by atoms with Crippen LogP contribution in [0.1, 0.15) is 21.5 Å². The molecular formula is C28H21Cl2FN2O5S. The van der Waals surface area contributed by atoms with Crippen LogP contribution >= 0.6 is 23.2 Å². The SMILES string of the molecule is Cc1cc(Oc2ccc(NC(=O)NC(=O)c3c(F)cccc3Cl)cc2)cc(C)c1S(=O)(=O)c1ccc(Cl)cc1. The molecule has 0 aliphatic heterocycles. The molecule has 0 saturated carbocycles. The van der Waals surface area contributed by atoms with E-state index in [4.69, 9.17) is 27.9 Å².